The predicted octanol–water partition coefficient (Wildman–Crippen LogP) is 1.79. The second-order valence-corrected chi connectivity index (χ2v) is 7.55. The van der Waals surface area contributed by atoms with Gasteiger partial charge in [0.25, 0.3) is 5.69 Å². The summed E-state index contributed by atoms with van der Waals surface area (Å²) in [5.74, 6) is 0. The Balaban J connectivity index is 2.50. The van der Waals surface area contributed by atoms with E-state index < -0.39 is 14.9 Å². The minimum Gasteiger partial charge on any atom is -0.326 e. The summed E-state index contributed by atoms with van der Waals surface area (Å²) in [7, 11) is -3.79. The SMILES string of the molecule is Cc1c([N+](=O)[O-])cccc1S(=O)(=O)N1CCCCC1C(C)N. The van der Waals surface area contributed by atoms with Crippen LogP contribution in [0.2, 0.25) is 0 Å². The number of piperidine rings is 1. The van der Waals surface area contributed by atoms with E-state index in [1.54, 1.807) is 6.92 Å². The summed E-state index contributed by atoms with van der Waals surface area (Å²) in [6, 6.07) is 3.59. The topological polar surface area (TPSA) is 107 Å². The molecule has 122 valence electrons. The molecule has 0 amide bonds. The van der Waals surface area contributed by atoms with E-state index in [1.807, 2.05) is 0 Å². The summed E-state index contributed by atoms with van der Waals surface area (Å²) < 4.78 is 27.3. The van der Waals surface area contributed by atoms with E-state index in [-0.39, 0.29) is 28.2 Å². The summed E-state index contributed by atoms with van der Waals surface area (Å²) in [5.41, 5.74) is 5.92. The molecule has 0 aliphatic carbocycles. The first-order chi connectivity index (χ1) is 10.3. The first-order valence-electron chi connectivity index (χ1n) is 7.28. The smallest absolute Gasteiger partial charge is 0.273 e. The predicted molar refractivity (Wildman–Crippen MR) is 83.0 cm³/mol. The molecule has 0 radical (unpaired) electrons. The number of nitro groups is 1. The molecule has 1 aliphatic rings. The van der Waals surface area contributed by atoms with Gasteiger partial charge in [0.2, 0.25) is 10.0 Å². The van der Waals surface area contributed by atoms with E-state index in [4.69, 9.17) is 5.73 Å². The van der Waals surface area contributed by atoms with Crippen molar-refractivity contribution in [3.05, 3.63) is 33.9 Å². The second kappa shape index (κ2) is 6.31. The van der Waals surface area contributed by atoms with Gasteiger partial charge in [-0.2, -0.15) is 4.31 Å². The minimum atomic E-state index is -3.79. The van der Waals surface area contributed by atoms with Crippen LogP contribution in [0, 0.1) is 17.0 Å². The first-order valence-corrected chi connectivity index (χ1v) is 8.72. The largest absolute Gasteiger partial charge is 0.326 e. The molecule has 2 N–H and O–H groups in total. The fraction of sp³-hybridized carbons (Fsp3) is 0.571. The van der Waals surface area contributed by atoms with E-state index >= 15 is 0 Å². The number of rotatable bonds is 4. The summed E-state index contributed by atoms with van der Waals surface area (Å²) in [6.07, 6.45) is 2.42. The van der Waals surface area contributed by atoms with Gasteiger partial charge in [-0.25, -0.2) is 8.42 Å². The van der Waals surface area contributed by atoms with Crippen LogP contribution >= 0.6 is 0 Å². The van der Waals surface area contributed by atoms with Crippen LogP contribution < -0.4 is 5.73 Å². The van der Waals surface area contributed by atoms with E-state index in [0.29, 0.717) is 13.0 Å². The van der Waals surface area contributed by atoms with Crippen molar-refractivity contribution in [2.45, 2.75) is 50.1 Å². The van der Waals surface area contributed by atoms with Crippen molar-refractivity contribution in [1.29, 1.82) is 0 Å². The van der Waals surface area contributed by atoms with Crippen LogP contribution in [0.15, 0.2) is 23.1 Å². The maximum absolute atomic E-state index is 12.9. The van der Waals surface area contributed by atoms with Crippen molar-refractivity contribution in [3.8, 4) is 0 Å². The molecular weight excluding hydrogens is 306 g/mol. The molecule has 1 aromatic rings. The Morgan fingerprint density at radius 3 is 2.68 bits per heavy atom. The van der Waals surface area contributed by atoms with Crippen LogP contribution in [0.1, 0.15) is 31.7 Å². The van der Waals surface area contributed by atoms with Gasteiger partial charge in [0.1, 0.15) is 0 Å². The molecule has 1 fully saturated rings. The van der Waals surface area contributed by atoms with Crippen LogP contribution in [0.3, 0.4) is 0 Å². The molecule has 0 bridgehead atoms. The molecule has 8 heteroatoms. The molecule has 1 aliphatic heterocycles. The number of nitrogens with zero attached hydrogens (tertiary/aromatic N) is 2. The van der Waals surface area contributed by atoms with Crippen LogP contribution in [0.4, 0.5) is 5.69 Å². The van der Waals surface area contributed by atoms with Crippen molar-refractivity contribution in [2.75, 3.05) is 6.54 Å². The van der Waals surface area contributed by atoms with Crippen molar-refractivity contribution in [3.63, 3.8) is 0 Å². The fourth-order valence-electron chi connectivity index (χ4n) is 2.96. The summed E-state index contributed by atoms with van der Waals surface area (Å²) in [4.78, 5) is 10.5. The summed E-state index contributed by atoms with van der Waals surface area (Å²) >= 11 is 0. The Kier molecular flexibility index (Phi) is 4.84. The molecule has 2 atom stereocenters. The highest BCUT2D eigenvalue weighted by Gasteiger charge is 2.37. The summed E-state index contributed by atoms with van der Waals surface area (Å²) in [6.45, 7) is 3.66. The van der Waals surface area contributed by atoms with Gasteiger partial charge < -0.3 is 5.73 Å². The van der Waals surface area contributed by atoms with Crippen LogP contribution in [-0.2, 0) is 10.0 Å². The number of nitrogens with two attached hydrogens (primary N) is 1. The highest BCUT2D eigenvalue weighted by Crippen LogP contribution is 2.31. The molecule has 0 saturated carbocycles. The van der Waals surface area contributed by atoms with Crippen molar-refractivity contribution >= 4 is 15.7 Å². The average molecular weight is 327 g/mol. The van der Waals surface area contributed by atoms with Gasteiger partial charge in [-0.15, -0.1) is 0 Å². The summed E-state index contributed by atoms with van der Waals surface area (Å²) in [5, 5.41) is 11.0. The van der Waals surface area contributed by atoms with Crippen molar-refractivity contribution < 1.29 is 13.3 Å². The van der Waals surface area contributed by atoms with Crippen molar-refractivity contribution in [1.82, 2.24) is 4.31 Å². The number of nitro benzene ring substituents is 1. The maximum atomic E-state index is 12.9. The molecule has 7 nitrogen and oxygen atoms in total. The molecule has 0 spiro atoms. The van der Waals surface area contributed by atoms with Gasteiger partial charge in [0.15, 0.2) is 0 Å². The van der Waals surface area contributed by atoms with Gasteiger partial charge >= 0.3 is 0 Å². The number of sulfonamides is 1. The number of hydrogen-bond acceptors (Lipinski definition) is 5. The molecule has 0 aromatic heterocycles. The van der Waals surface area contributed by atoms with Crippen LogP contribution in [0.5, 0.6) is 0 Å². The van der Waals surface area contributed by atoms with Gasteiger partial charge in [-0.1, -0.05) is 12.5 Å². The molecule has 22 heavy (non-hydrogen) atoms. The highest BCUT2D eigenvalue weighted by atomic mass is 32.2. The lowest BCUT2D eigenvalue weighted by Crippen LogP contribution is -2.51. The number of hydrogen-bond donors (Lipinski definition) is 1. The normalized spacial score (nSPS) is 21.5. The van der Waals surface area contributed by atoms with Gasteiger partial charge in [-0.05, 0) is 32.8 Å². The average Bonchev–Trinajstić information content (AvgIpc) is 2.46. The molecule has 1 saturated heterocycles. The standard InChI is InChI=1S/C14H21N3O4S/c1-10-12(17(18)19)7-5-8-14(10)22(20,21)16-9-4-3-6-13(16)11(2)15/h5,7-8,11,13H,3-4,6,9,15H2,1-2H3. The van der Waals surface area contributed by atoms with Crippen molar-refractivity contribution in [2.24, 2.45) is 5.73 Å². The van der Waals surface area contributed by atoms with E-state index in [2.05, 4.69) is 0 Å². The van der Waals surface area contributed by atoms with E-state index in [9.17, 15) is 18.5 Å². The molecular formula is C14H21N3O4S. The molecule has 2 unspecified atom stereocenters. The third kappa shape index (κ3) is 2.99. The minimum absolute atomic E-state index is 0.00532. The first kappa shape index (κ1) is 16.9. The lowest BCUT2D eigenvalue weighted by Gasteiger charge is -2.37. The zero-order valence-corrected chi connectivity index (χ0v) is 13.5. The van der Waals surface area contributed by atoms with Gasteiger partial charge in [0, 0.05) is 30.3 Å². The third-order valence-corrected chi connectivity index (χ3v) is 6.21. The molecule has 2 rings (SSSR count). The maximum Gasteiger partial charge on any atom is 0.273 e. The zero-order valence-electron chi connectivity index (χ0n) is 12.7. The van der Waals surface area contributed by atoms with E-state index in [1.165, 1.54) is 29.4 Å². The van der Waals surface area contributed by atoms with Crippen LogP contribution in [0.25, 0.3) is 0 Å². The lowest BCUT2D eigenvalue weighted by molar-refractivity contribution is -0.385. The Morgan fingerprint density at radius 2 is 2.09 bits per heavy atom. The Hall–Kier alpha value is -1.51. The monoisotopic (exact) mass is 327 g/mol. The molecule has 1 aromatic carbocycles. The highest BCUT2D eigenvalue weighted by molar-refractivity contribution is 7.89. The third-order valence-electron chi connectivity index (χ3n) is 4.14. The quantitative estimate of drug-likeness (QED) is 0.670. The Bertz CT molecular complexity index is 673. The fourth-order valence-corrected chi connectivity index (χ4v) is 4.98. The van der Waals surface area contributed by atoms with Gasteiger partial charge in [0.05, 0.1) is 9.82 Å². The van der Waals surface area contributed by atoms with Crippen LogP contribution in [-0.4, -0.2) is 36.3 Å². The van der Waals surface area contributed by atoms with E-state index in [0.717, 1.165) is 12.8 Å². The lowest BCUT2D eigenvalue weighted by atomic mass is 10.00. The molecule has 1 heterocycles. The Labute approximate surface area is 130 Å². The zero-order chi connectivity index (χ0) is 16.5. The number of benzene rings is 1. The second-order valence-electron chi connectivity index (χ2n) is 5.70. The van der Waals surface area contributed by atoms with Gasteiger partial charge in [-0.3, -0.25) is 10.1 Å². The Morgan fingerprint density at radius 1 is 1.41 bits per heavy atom.